The van der Waals surface area contributed by atoms with Gasteiger partial charge in [0, 0.05) is 12.2 Å². The highest BCUT2D eigenvalue weighted by atomic mass is 32.2. The van der Waals surface area contributed by atoms with E-state index in [1.807, 2.05) is 30.3 Å². The number of unbranched alkanes of at least 4 members (excludes halogenated alkanes) is 1. The van der Waals surface area contributed by atoms with Gasteiger partial charge in [-0.15, -0.1) is 0 Å². The maximum atomic E-state index is 11.5. The molecule has 0 saturated heterocycles. The third-order valence-electron chi connectivity index (χ3n) is 1.95. The second kappa shape index (κ2) is 6.66. The Bertz CT molecular complexity index is 269. The first kappa shape index (κ1) is 11.3. The topological polar surface area (TPSA) is 17.1 Å². The molecule has 0 saturated carbocycles. The highest BCUT2D eigenvalue weighted by Crippen LogP contribution is 2.10. The molecule has 0 radical (unpaired) electrons. The van der Waals surface area contributed by atoms with Crippen LogP contribution < -0.4 is 0 Å². The lowest BCUT2D eigenvalue weighted by Gasteiger charge is -1.99. The van der Waals surface area contributed by atoms with Crippen LogP contribution in [0.2, 0.25) is 0 Å². The van der Waals surface area contributed by atoms with Gasteiger partial charge in [0.2, 0.25) is 0 Å². The smallest absolute Gasteiger partial charge is 0.193 e. The van der Waals surface area contributed by atoms with Gasteiger partial charge < -0.3 is 0 Å². The molecule has 76 valence electrons. The van der Waals surface area contributed by atoms with E-state index in [9.17, 15) is 4.79 Å². The average Bonchev–Trinajstić information content (AvgIpc) is 2.20. The first-order valence-electron chi connectivity index (χ1n) is 5.02. The Morgan fingerprint density at radius 3 is 2.64 bits per heavy atom. The Morgan fingerprint density at radius 2 is 2.00 bits per heavy atom. The van der Waals surface area contributed by atoms with Crippen LogP contribution in [0.15, 0.2) is 30.3 Å². The van der Waals surface area contributed by atoms with Crippen molar-refractivity contribution >= 4 is 16.9 Å². The van der Waals surface area contributed by atoms with Crippen LogP contribution in [0.3, 0.4) is 0 Å². The third kappa shape index (κ3) is 4.47. The van der Waals surface area contributed by atoms with Crippen LogP contribution in [0, 0.1) is 0 Å². The van der Waals surface area contributed by atoms with Gasteiger partial charge in [0.15, 0.2) is 5.12 Å². The van der Waals surface area contributed by atoms with Gasteiger partial charge in [-0.1, -0.05) is 55.4 Å². The molecule has 14 heavy (non-hydrogen) atoms. The fourth-order valence-electron chi connectivity index (χ4n) is 1.14. The van der Waals surface area contributed by atoms with Crippen molar-refractivity contribution < 1.29 is 4.79 Å². The molecule has 2 heteroatoms. The van der Waals surface area contributed by atoms with E-state index >= 15 is 0 Å². The maximum absolute atomic E-state index is 11.5. The molecule has 0 bridgehead atoms. The summed E-state index contributed by atoms with van der Waals surface area (Å²) in [4.78, 5) is 11.5. The van der Waals surface area contributed by atoms with Crippen LogP contribution in [0.5, 0.6) is 0 Å². The molecular formula is C12H16OS. The van der Waals surface area contributed by atoms with Gasteiger partial charge in [0.1, 0.15) is 0 Å². The molecule has 0 amide bonds. The second-order valence-electron chi connectivity index (χ2n) is 3.24. The first-order chi connectivity index (χ1) is 6.83. The van der Waals surface area contributed by atoms with Gasteiger partial charge in [0.25, 0.3) is 0 Å². The molecular weight excluding hydrogens is 192 g/mol. The summed E-state index contributed by atoms with van der Waals surface area (Å²) in [5.74, 6) is 0.960. The van der Waals surface area contributed by atoms with Crippen LogP contribution in [-0.4, -0.2) is 10.9 Å². The average molecular weight is 208 g/mol. The van der Waals surface area contributed by atoms with Gasteiger partial charge >= 0.3 is 0 Å². The van der Waals surface area contributed by atoms with E-state index in [4.69, 9.17) is 0 Å². The summed E-state index contributed by atoms with van der Waals surface area (Å²) in [6.45, 7) is 2.14. The molecule has 0 aliphatic heterocycles. The molecule has 0 fully saturated rings. The molecule has 0 aromatic heterocycles. The van der Waals surface area contributed by atoms with E-state index in [0.29, 0.717) is 6.42 Å². The quantitative estimate of drug-likeness (QED) is 0.691. The zero-order valence-electron chi connectivity index (χ0n) is 8.53. The van der Waals surface area contributed by atoms with Crippen molar-refractivity contribution in [3.8, 4) is 0 Å². The number of carbonyl (C=O) groups is 1. The number of hydrogen-bond donors (Lipinski definition) is 0. The Morgan fingerprint density at radius 1 is 1.29 bits per heavy atom. The van der Waals surface area contributed by atoms with Gasteiger partial charge in [-0.2, -0.15) is 0 Å². The molecule has 0 heterocycles. The fraction of sp³-hybridized carbons (Fsp3) is 0.417. The number of hydrogen-bond acceptors (Lipinski definition) is 2. The van der Waals surface area contributed by atoms with Gasteiger partial charge in [-0.3, -0.25) is 4.79 Å². The molecule has 0 N–H and O–H groups in total. The standard InChI is InChI=1S/C12H16OS/c1-2-3-9-14-12(13)10-11-7-5-4-6-8-11/h4-8H,2-3,9-10H2,1H3. The zero-order valence-corrected chi connectivity index (χ0v) is 9.35. The Kier molecular flexibility index (Phi) is 5.38. The normalized spacial score (nSPS) is 10.1. The SMILES string of the molecule is CCCCSC(=O)Cc1ccccc1. The van der Waals surface area contributed by atoms with Crippen molar-refractivity contribution in [1.82, 2.24) is 0 Å². The molecule has 1 aromatic carbocycles. The fourth-order valence-corrected chi connectivity index (χ4v) is 2.07. The lowest BCUT2D eigenvalue weighted by atomic mass is 10.2. The van der Waals surface area contributed by atoms with Crippen molar-refractivity contribution in [2.75, 3.05) is 5.75 Å². The molecule has 1 aromatic rings. The summed E-state index contributed by atoms with van der Waals surface area (Å²) in [7, 11) is 0. The summed E-state index contributed by atoms with van der Waals surface area (Å²) >= 11 is 1.46. The van der Waals surface area contributed by atoms with E-state index in [1.54, 1.807) is 0 Å². The highest BCUT2D eigenvalue weighted by molar-refractivity contribution is 8.13. The molecule has 0 spiro atoms. The zero-order chi connectivity index (χ0) is 10.2. The Labute approximate surface area is 89.9 Å². The second-order valence-corrected chi connectivity index (χ2v) is 4.39. The van der Waals surface area contributed by atoms with Crippen LogP contribution in [0.1, 0.15) is 25.3 Å². The lowest BCUT2D eigenvalue weighted by Crippen LogP contribution is -1.98. The maximum Gasteiger partial charge on any atom is 0.193 e. The number of thioether (sulfide) groups is 1. The minimum Gasteiger partial charge on any atom is -0.287 e. The highest BCUT2D eigenvalue weighted by Gasteiger charge is 2.02. The van der Waals surface area contributed by atoms with Crippen LogP contribution >= 0.6 is 11.8 Å². The molecule has 1 rings (SSSR count). The minimum atomic E-state index is 0.282. The van der Waals surface area contributed by atoms with Crippen LogP contribution in [0.4, 0.5) is 0 Å². The van der Waals surface area contributed by atoms with Crippen molar-refractivity contribution in [1.29, 1.82) is 0 Å². The molecule has 0 aliphatic carbocycles. The van der Waals surface area contributed by atoms with E-state index < -0.39 is 0 Å². The third-order valence-corrected chi connectivity index (χ3v) is 2.91. The first-order valence-corrected chi connectivity index (χ1v) is 6.01. The van der Waals surface area contributed by atoms with E-state index in [-0.39, 0.29) is 5.12 Å². The van der Waals surface area contributed by atoms with Crippen molar-refractivity contribution in [3.05, 3.63) is 35.9 Å². The number of carbonyl (C=O) groups excluding carboxylic acids is 1. The van der Waals surface area contributed by atoms with Crippen LogP contribution in [-0.2, 0) is 11.2 Å². The molecule has 1 nitrogen and oxygen atoms in total. The monoisotopic (exact) mass is 208 g/mol. The summed E-state index contributed by atoms with van der Waals surface area (Å²) in [6.07, 6.45) is 2.85. The van der Waals surface area contributed by atoms with Crippen LogP contribution in [0.25, 0.3) is 0 Å². The molecule has 0 atom stereocenters. The van der Waals surface area contributed by atoms with Gasteiger partial charge in [-0.05, 0) is 12.0 Å². The molecule has 0 unspecified atom stereocenters. The Balaban J connectivity index is 2.27. The van der Waals surface area contributed by atoms with E-state index in [0.717, 1.165) is 24.2 Å². The number of rotatable bonds is 5. The van der Waals surface area contributed by atoms with Crippen molar-refractivity contribution in [2.24, 2.45) is 0 Å². The van der Waals surface area contributed by atoms with Gasteiger partial charge in [0.05, 0.1) is 0 Å². The van der Waals surface area contributed by atoms with Crippen molar-refractivity contribution in [3.63, 3.8) is 0 Å². The predicted octanol–water partition coefficient (Wildman–Crippen LogP) is 3.29. The van der Waals surface area contributed by atoms with Gasteiger partial charge in [-0.25, -0.2) is 0 Å². The molecule has 0 aliphatic rings. The minimum absolute atomic E-state index is 0.282. The summed E-state index contributed by atoms with van der Waals surface area (Å²) in [6, 6.07) is 9.91. The Hall–Kier alpha value is -0.760. The van der Waals surface area contributed by atoms with E-state index in [2.05, 4.69) is 6.92 Å². The lowest BCUT2D eigenvalue weighted by molar-refractivity contribution is -0.110. The number of benzene rings is 1. The summed E-state index contributed by atoms with van der Waals surface area (Å²) < 4.78 is 0. The predicted molar refractivity (Wildman–Crippen MR) is 62.5 cm³/mol. The summed E-state index contributed by atoms with van der Waals surface area (Å²) in [5.41, 5.74) is 1.11. The van der Waals surface area contributed by atoms with E-state index in [1.165, 1.54) is 11.8 Å². The van der Waals surface area contributed by atoms with Crippen molar-refractivity contribution in [2.45, 2.75) is 26.2 Å². The summed E-state index contributed by atoms with van der Waals surface area (Å²) in [5, 5.41) is 0.282. The largest absolute Gasteiger partial charge is 0.287 e.